The van der Waals surface area contributed by atoms with Crippen LogP contribution in [0.4, 0.5) is 34.1 Å². The number of fused-ring (bicyclic) bond motifs is 2. The van der Waals surface area contributed by atoms with Crippen molar-refractivity contribution in [2.45, 2.75) is 9.79 Å². The van der Waals surface area contributed by atoms with Gasteiger partial charge in [-0.1, -0.05) is 0 Å². The van der Waals surface area contributed by atoms with Crippen LogP contribution in [0.1, 0.15) is 41.4 Å². The van der Waals surface area contributed by atoms with Gasteiger partial charge in [-0.3, -0.25) is 18.7 Å². The maximum absolute atomic E-state index is 13.2. The fraction of sp³-hybridized carbons (Fsp3) is 0. The van der Waals surface area contributed by atoms with E-state index in [-0.39, 0.29) is 66.5 Å². The van der Waals surface area contributed by atoms with Crippen LogP contribution in [0.3, 0.4) is 0 Å². The van der Waals surface area contributed by atoms with E-state index in [1.807, 2.05) is 0 Å². The molecule has 0 aliphatic rings. The predicted octanol–water partition coefficient (Wildman–Crippen LogP) is 8.63. The number of anilines is 2. The van der Waals surface area contributed by atoms with E-state index in [4.69, 9.17) is 10.2 Å². The molecule has 8 N–H and O–H groups in total. The highest BCUT2D eigenvalue weighted by molar-refractivity contribution is 7.86. The Morgan fingerprint density at radius 3 is 1.08 bits per heavy atom. The molecule has 20 nitrogen and oxygen atoms in total. The number of carbonyl (C=O) groups excluding carboxylic acids is 2. The van der Waals surface area contributed by atoms with Gasteiger partial charge in [0.25, 0.3) is 32.1 Å². The number of rotatable bonds is 12. The van der Waals surface area contributed by atoms with Crippen LogP contribution in [0.15, 0.2) is 152 Å². The number of hydrogen-bond donors (Lipinski definition) is 8. The number of amides is 2. The number of phenolic OH excluding ortho intramolecular Hbond substituents is 2. The van der Waals surface area contributed by atoms with Crippen molar-refractivity contribution in [3.63, 3.8) is 0 Å². The first-order chi connectivity index (χ1) is 30.3. The molecule has 0 atom stereocenters. The number of azo groups is 2. The Morgan fingerprint density at radius 1 is 0.438 bits per heavy atom. The summed E-state index contributed by atoms with van der Waals surface area (Å²) >= 11 is 0. The van der Waals surface area contributed by atoms with E-state index >= 15 is 0 Å². The third-order valence-corrected chi connectivity index (χ3v) is 11.1. The van der Waals surface area contributed by atoms with Gasteiger partial charge in [-0.05, 0) is 132 Å². The van der Waals surface area contributed by atoms with Crippen LogP contribution in [-0.4, -0.2) is 70.1 Å². The molecule has 0 saturated carbocycles. The molecule has 0 heterocycles. The molecule has 322 valence electrons. The average molecular weight is 905 g/mol. The summed E-state index contributed by atoms with van der Waals surface area (Å²) in [5.41, 5.74) is -0.547. The van der Waals surface area contributed by atoms with E-state index in [1.165, 1.54) is 109 Å². The van der Waals surface area contributed by atoms with Crippen molar-refractivity contribution in [3.05, 3.63) is 144 Å². The van der Waals surface area contributed by atoms with Crippen LogP contribution in [0, 0.1) is 0 Å². The second-order valence-electron chi connectivity index (χ2n) is 13.6. The highest BCUT2D eigenvalue weighted by atomic mass is 32.2. The van der Waals surface area contributed by atoms with Crippen molar-refractivity contribution in [1.82, 2.24) is 0 Å². The highest BCUT2D eigenvalue weighted by Gasteiger charge is 2.24. The number of hydrogen-bond acceptors (Lipinski definition) is 14. The van der Waals surface area contributed by atoms with Crippen LogP contribution in [0.2, 0.25) is 0 Å². The summed E-state index contributed by atoms with van der Waals surface area (Å²) in [6.07, 6.45) is 0. The van der Waals surface area contributed by atoms with Gasteiger partial charge in [-0.15, -0.1) is 10.2 Å². The zero-order chi connectivity index (χ0) is 46.1. The molecule has 0 bridgehead atoms. The summed E-state index contributed by atoms with van der Waals surface area (Å²) in [4.78, 5) is 47.0. The molecule has 0 aromatic heterocycles. The topological polar surface area (TPSA) is 331 Å². The SMILES string of the molecule is O=C(O)c1ccc(N=Nc2c(S(=O)(=O)O)cc3cc(NC(=O)c4ccc(C(=O)Nc5ccc6c(O)c(N=Nc7ccc(C(=O)O)cc7)c(S(=O)(=O)O)cc6c5)cc4)ccc3c2O)cc1. The summed E-state index contributed by atoms with van der Waals surface area (Å²) in [6.45, 7) is 0. The van der Waals surface area contributed by atoms with E-state index in [1.54, 1.807) is 0 Å². The molecule has 0 unspecified atom stereocenters. The maximum atomic E-state index is 13.2. The predicted molar refractivity (Wildman–Crippen MR) is 228 cm³/mol. The van der Waals surface area contributed by atoms with Crippen molar-refractivity contribution in [2.75, 3.05) is 10.6 Å². The van der Waals surface area contributed by atoms with Crippen molar-refractivity contribution in [3.8, 4) is 11.5 Å². The van der Waals surface area contributed by atoms with Crippen LogP contribution < -0.4 is 10.6 Å². The van der Waals surface area contributed by atoms with E-state index in [2.05, 4.69) is 31.1 Å². The monoisotopic (exact) mass is 904 g/mol. The quantitative estimate of drug-likeness (QED) is 0.0420. The molecule has 7 aromatic carbocycles. The van der Waals surface area contributed by atoms with Gasteiger partial charge in [-0.2, -0.15) is 27.1 Å². The smallest absolute Gasteiger partial charge is 0.335 e. The minimum Gasteiger partial charge on any atom is -0.505 e. The van der Waals surface area contributed by atoms with Gasteiger partial charge in [-0.25, -0.2) is 9.59 Å². The third-order valence-electron chi connectivity index (χ3n) is 9.34. The largest absolute Gasteiger partial charge is 0.505 e. The van der Waals surface area contributed by atoms with Gasteiger partial charge in [0.15, 0.2) is 11.5 Å². The van der Waals surface area contributed by atoms with Crippen LogP contribution >= 0.6 is 0 Å². The Kier molecular flexibility index (Phi) is 11.7. The second-order valence-corrected chi connectivity index (χ2v) is 16.3. The molecule has 0 spiro atoms. The third kappa shape index (κ3) is 9.39. The molecular formula is C42H28N6O14S2. The Morgan fingerprint density at radius 2 is 0.766 bits per heavy atom. The lowest BCUT2D eigenvalue weighted by Gasteiger charge is -2.12. The fourth-order valence-corrected chi connectivity index (χ4v) is 7.50. The standard InChI is InChI=1S/C42H28N6O14S2/c49-37-31-15-13-29(17-25(31)19-33(63(57,58)59)35(37)47-45-27-9-5-23(6-10-27)41(53)54)43-39(51)21-1-2-22(4-3-21)40(52)44-30-14-16-32-26(18-30)20-34(64(60,61)62)36(38(32)50)48-46-28-11-7-24(8-12-28)42(55)56/h1-20,49-50H,(H,43,51)(H,44,52)(H,53,54)(H,55,56)(H,57,58,59)(H,60,61,62). The Labute approximate surface area is 360 Å². The number of nitrogens with zero attached hydrogens (tertiary/aromatic N) is 4. The van der Waals surface area contributed by atoms with Crippen molar-refractivity contribution < 1.29 is 65.5 Å². The van der Waals surface area contributed by atoms with Gasteiger partial charge in [0.2, 0.25) is 0 Å². The number of nitrogens with one attached hydrogen (secondary N) is 2. The number of carbonyl (C=O) groups is 4. The molecular weight excluding hydrogens is 877 g/mol. The lowest BCUT2D eigenvalue weighted by atomic mass is 10.1. The van der Waals surface area contributed by atoms with E-state index in [0.717, 1.165) is 12.1 Å². The first-order valence-electron chi connectivity index (χ1n) is 18.0. The Hall–Kier alpha value is -8.44. The molecule has 0 aliphatic carbocycles. The molecule has 7 aromatic rings. The van der Waals surface area contributed by atoms with Crippen molar-refractivity contribution >= 4 is 99.7 Å². The molecule has 64 heavy (non-hydrogen) atoms. The number of aromatic carboxylic acids is 2. The lowest BCUT2D eigenvalue weighted by molar-refractivity contribution is 0.0686. The average Bonchev–Trinajstić information content (AvgIpc) is 3.25. The number of carboxylic acid groups (broad SMARTS) is 2. The highest BCUT2D eigenvalue weighted by Crippen LogP contribution is 2.43. The van der Waals surface area contributed by atoms with E-state index in [9.17, 15) is 55.3 Å². The summed E-state index contributed by atoms with van der Waals surface area (Å²) in [5.74, 6) is -4.99. The van der Waals surface area contributed by atoms with Gasteiger partial charge < -0.3 is 31.1 Å². The van der Waals surface area contributed by atoms with Crippen molar-refractivity contribution in [2.24, 2.45) is 20.5 Å². The molecule has 7 rings (SSSR count). The number of aromatic hydroxyl groups is 2. The van der Waals surface area contributed by atoms with Gasteiger partial charge in [0, 0.05) is 33.3 Å². The van der Waals surface area contributed by atoms with Crippen molar-refractivity contribution in [1.29, 1.82) is 0 Å². The molecule has 0 aliphatic heterocycles. The summed E-state index contributed by atoms with van der Waals surface area (Å²) in [5, 5.41) is 61.0. The van der Waals surface area contributed by atoms with Gasteiger partial charge in [0.1, 0.15) is 21.2 Å². The number of carboxylic acids is 2. The number of phenols is 2. The first kappa shape index (κ1) is 43.6. The molecule has 22 heteroatoms. The summed E-state index contributed by atoms with van der Waals surface area (Å²) in [7, 11) is -9.97. The van der Waals surface area contributed by atoms with Gasteiger partial charge >= 0.3 is 11.9 Å². The molecule has 0 saturated heterocycles. The minimum absolute atomic E-state index is 0.0365. The summed E-state index contributed by atoms with van der Waals surface area (Å²) < 4.78 is 69.2. The first-order valence-corrected chi connectivity index (χ1v) is 20.9. The van der Waals surface area contributed by atoms with E-state index in [0.29, 0.717) is 0 Å². The normalized spacial score (nSPS) is 11.9. The van der Waals surface area contributed by atoms with Crippen LogP contribution in [0.25, 0.3) is 21.5 Å². The Bertz CT molecular complexity index is 3150. The fourth-order valence-electron chi connectivity index (χ4n) is 6.18. The van der Waals surface area contributed by atoms with Crippen LogP contribution in [0.5, 0.6) is 11.5 Å². The Balaban J connectivity index is 1.07. The summed E-state index contributed by atoms with van der Waals surface area (Å²) in [6, 6.07) is 25.7. The zero-order valence-corrected chi connectivity index (χ0v) is 33.7. The van der Waals surface area contributed by atoms with Crippen LogP contribution in [-0.2, 0) is 20.2 Å². The zero-order valence-electron chi connectivity index (χ0n) is 32.1. The lowest BCUT2D eigenvalue weighted by Crippen LogP contribution is -2.14. The minimum atomic E-state index is -4.98. The second kappa shape index (κ2) is 17.1. The van der Waals surface area contributed by atoms with Gasteiger partial charge in [0.05, 0.1) is 22.5 Å². The molecule has 0 radical (unpaired) electrons. The number of benzene rings is 7. The molecule has 0 fully saturated rings. The van der Waals surface area contributed by atoms with E-state index < -0.39 is 76.7 Å². The maximum Gasteiger partial charge on any atom is 0.335 e. The molecule has 2 amide bonds.